The van der Waals surface area contributed by atoms with E-state index in [4.69, 9.17) is 21.1 Å². The summed E-state index contributed by atoms with van der Waals surface area (Å²) in [6, 6.07) is 5.65. The van der Waals surface area contributed by atoms with E-state index >= 15 is 0 Å². The molecule has 0 aromatic carbocycles. The fraction of sp³-hybridized carbons (Fsp3) is 0.308. The molecule has 9 nitrogen and oxygen atoms in total. The average Bonchev–Trinajstić information content (AvgIpc) is 2.91. The lowest BCUT2D eigenvalue weighted by Gasteiger charge is -2.22. The second-order valence-corrected chi connectivity index (χ2v) is 6.09. The number of hydrogen-bond acceptors (Lipinski definition) is 6. The highest BCUT2D eigenvalue weighted by molar-refractivity contribution is 7.13. The van der Waals surface area contributed by atoms with E-state index in [1.807, 2.05) is 44.4 Å². The van der Waals surface area contributed by atoms with Crippen LogP contribution in [0.15, 0.2) is 41.0 Å². The molecular formula is C13H18N6O3S. The number of nitrogens with zero attached hydrogens (tertiary/aromatic N) is 5. The zero-order chi connectivity index (χ0) is 17.5. The van der Waals surface area contributed by atoms with Crippen LogP contribution in [-0.4, -0.2) is 31.8 Å². The van der Waals surface area contributed by atoms with Gasteiger partial charge in [0.05, 0.1) is 5.54 Å². The molecule has 10 heteroatoms. The molecule has 0 spiro atoms. The Bertz CT molecular complexity index is 635. The van der Waals surface area contributed by atoms with Crippen molar-refractivity contribution in [3.05, 3.63) is 46.1 Å². The number of aliphatic imine (C=N–C) groups is 1. The molecule has 0 aliphatic rings. The van der Waals surface area contributed by atoms with E-state index in [2.05, 4.69) is 15.0 Å². The fourth-order valence-corrected chi connectivity index (χ4v) is 2.18. The smallest absolute Gasteiger partial charge is 0.291 e. The minimum Gasteiger partial charge on any atom is -0.369 e. The van der Waals surface area contributed by atoms with Crippen LogP contribution in [0, 0.1) is 10.1 Å². The van der Waals surface area contributed by atoms with Crippen molar-refractivity contribution < 1.29 is 10.3 Å². The van der Waals surface area contributed by atoms with Gasteiger partial charge >= 0.3 is 0 Å². The van der Waals surface area contributed by atoms with Crippen LogP contribution in [-0.2, 0) is 0 Å². The van der Waals surface area contributed by atoms with Gasteiger partial charge in [-0.15, -0.1) is 21.5 Å². The third-order valence-corrected chi connectivity index (χ3v) is 2.92. The molecule has 23 heavy (non-hydrogen) atoms. The minimum atomic E-state index is -1.50. The SMILES string of the molecule is CC(C)(C)N=C(N)N(c1ccccn1)c1nccs1.O=[N+]([O-])O. The first-order valence-corrected chi connectivity index (χ1v) is 7.38. The van der Waals surface area contributed by atoms with Crippen molar-refractivity contribution in [2.45, 2.75) is 26.3 Å². The van der Waals surface area contributed by atoms with Crippen LogP contribution in [0.1, 0.15) is 20.8 Å². The van der Waals surface area contributed by atoms with Crippen LogP contribution in [0.2, 0.25) is 0 Å². The summed E-state index contributed by atoms with van der Waals surface area (Å²) in [6.07, 6.45) is 3.46. The van der Waals surface area contributed by atoms with E-state index in [0.717, 1.165) is 5.13 Å². The maximum atomic E-state index is 8.36. The first-order valence-electron chi connectivity index (χ1n) is 6.50. The Morgan fingerprint density at radius 3 is 2.48 bits per heavy atom. The van der Waals surface area contributed by atoms with E-state index in [0.29, 0.717) is 11.8 Å². The molecule has 2 rings (SSSR count). The quantitative estimate of drug-likeness (QED) is 0.372. The number of anilines is 2. The van der Waals surface area contributed by atoms with Gasteiger partial charge in [-0.2, -0.15) is 0 Å². The van der Waals surface area contributed by atoms with Gasteiger partial charge in [-0.3, -0.25) is 0 Å². The third kappa shape index (κ3) is 6.70. The lowest BCUT2D eigenvalue weighted by Crippen LogP contribution is -2.36. The van der Waals surface area contributed by atoms with Gasteiger partial charge in [-0.05, 0) is 32.9 Å². The Morgan fingerprint density at radius 2 is 2.04 bits per heavy atom. The Hall–Kier alpha value is -2.75. The Kier molecular flexibility index (Phi) is 6.39. The van der Waals surface area contributed by atoms with E-state index < -0.39 is 5.09 Å². The van der Waals surface area contributed by atoms with Gasteiger partial charge in [-0.25, -0.2) is 19.9 Å². The van der Waals surface area contributed by atoms with Crippen molar-refractivity contribution in [2.75, 3.05) is 4.90 Å². The van der Waals surface area contributed by atoms with Gasteiger partial charge in [0.25, 0.3) is 5.09 Å². The molecule has 0 atom stereocenters. The maximum absolute atomic E-state index is 8.36. The van der Waals surface area contributed by atoms with E-state index in [9.17, 15) is 0 Å². The van der Waals surface area contributed by atoms with Gasteiger partial charge in [0, 0.05) is 17.8 Å². The number of hydrogen-bond donors (Lipinski definition) is 2. The van der Waals surface area contributed by atoms with Crippen molar-refractivity contribution in [3.63, 3.8) is 0 Å². The van der Waals surface area contributed by atoms with Crippen LogP contribution in [0.3, 0.4) is 0 Å². The van der Waals surface area contributed by atoms with Crippen LogP contribution in [0.5, 0.6) is 0 Å². The number of rotatable bonds is 2. The molecule has 0 aliphatic heterocycles. The predicted molar refractivity (Wildman–Crippen MR) is 88.6 cm³/mol. The molecule has 2 heterocycles. The molecule has 0 aliphatic carbocycles. The molecule has 0 radical (unpaired) electrons. The zero-order valence-electron chi connectivity index (χ0n) is 12.9. The second-order valence-electron chi connectivity index (χ2n) is 5.22. The van der Waals surface area contributed by atoms with E-state index in [1.54, 1.807) is 17.3 Å². The van der Waals surface area contributed by atoms with Crippen LogP contribution in [0.25, 0.3) is 0 Å². The summed E-state index contributed by atoms with van der Waals surface area (Å²) in [5.74, 6) is 1.10. The molecule has 0 unspecified atom stereocenters. The highest BCUT2D eigenvalue weighted by atomic mass is 32.1. The molecule has 0 amide bonds. The maximum Gasteiger partial charge on any atom is 0.291 e. The van der Waals surface area contributed by atoms with Crippen molar-refractivity contribution >= 4 is 28.2 Å². The molecule has 0 saturated heterocycles. The summed E-state index contributed by atoms with van der Waals surface area (Å²) in [5.41, 5.74) is 5.87. The lowest BCUT2D eigenvalue weighted by molar-refractivity contribution is -0.742. The predicted octanol–water partition coefficient (Wildman–Crippen LogP) is 2.44. The first kappa shape index (κ1) is 18.3. The van der Waals surface area contributed by atoms with Crippen LogP contribution in [0.4, 0.5) is 10.9 Å². The summed E-state index contributed by atoms with van der Waals surface area (Å²) in [7, 11) is 0. The minimum absolute atomic E-state index is 0.256. The first-order chi connectivity index (χ1) is 10.7. The van der Waals surface area contributed by atoms with Gasteiger partial charge < -0.3 is 10.9 Å². The highest BCUT2D eigenvalue weighted by Gasteiger charge is 2.19. The van der Waals surface area contributed by atoms with E-state index in [-0.39, 0.29) is 5.54 Å². The zero-order valence-corrected chi connectivity index (χ0v) is 13.8. The molecule has 124 valence electrons. The third-order valence-electron chi connectivity index (χ3n) is 2.17. The number of nitrogens with two attached hydrogens (primary N) is 1. The number of guanidine groups is 1. The average molecular weight is 338 g/mol. The fourth-order valence-electron chi connectivity index (χ4n) is 1.52. The van der Waals surface area contributed by atoms with Gasteiger partial charge in [0.15, 0.2) is 5.13 Å². The topological polar surface area (TPSA) is 131 Å². The van der Waals surface area contributed by atoms with E-state index in [1.165, 1.54) is 11.3 Å². The molecule has 2 aromatic rings. The summed E-state index contributed by atoms with van der Waals surface area (Å²) in [6.45, 7) is 5.99. The number of thiazole rings is 1. The van der Waals surface area contributed by atoms with Crippen LogP contribution < -0.4 is 10.6 Å². The molecule has 0 saturated carbocycles. The Morgan fingerprint density at radius 1 is 1.39 bits per heavy atom. The monoisotopic (exact) mass is 338 g/mol. The number of pyridine rings is 1. The van der Waals surface area contributed by atoms with Crippen LogP contribution >= 0.6 is 11.3 Å². The van der Waals surface area contributed by atoms with Gasteiger partial charge in [0.1, 0.15) is 5.82 Å². The van der Waals surface area contributed by atoms with Crippen molar-refractivity contribution in [2.24, 2.45) is 10.7 Å². The molecular weight excluding hydrogens is 320 g/mol. The lowest BCUT2D eigenvalue weighted by atomic mass is 10.1. The van der Waals surface area contributed by atoms with Crippen molar-refractivity contribution in [1.29, 1.82) is 0 Å². The normalized spacial score (nSPS) is 11.3. The molecule has 3 N–H and O–H groups in total. The van der Waals surface area contributed by atoms with Crippen molar-refractivity contribution in [1.82, 2.24) is 9.97 Å². The summed E-state index contributed by atoms with van der Waals surface area (Å²) in [4.78, 5) is 23.2. The highest BCUT2D eigenvalue weighted by Crippen LogP contribution is 2.25. The molecule has 2 aromatic heterocycles. The number of aromatic nitrogens is 2. The summed E-state index contributed by atoms with van der Waals surface area (Å²) in [5, 5.41) is 16.3. The Balaban J connectivity index is 0.000000593. The standard InChI is InChI=1S/C13H17N5S.HNO3/c1-13(2,3)17-11(14)18(12-16-8-9-19-12)10-6-4-5-7-15-10;2-1(3)4/h4-9H,1-3H3,(H2,14,17);(H,2,3,4). The summed E-state index contributed by atoms with van der Waals surface area (Å²) < 4.78 is 0. The second kappa shape index (κ2) is 8.03. The Labute approximate surface area is 137 Å². The molecule has 0 fully saturated rings. The van der Waals surface area contributed by atoms with Crippen molar-refractivity contribution in [3.8, 4) is 0 Å². The van der Waals surface area contributed by atoms with Gasteiger partial charge in [-0.1, -0.05) is 6.07 Å². The van der Waals surface area contributed by atoms with Gasteiger partial charge in [0.2, 0.25) is 5.96 Å². The largest absolute Gasteiger partial charge is 0.369 e. The summed E-state index contributed by atoms with van der Waals surface area (Å²) >= 11 is 1.49. The molecule has 0 bridgehead atoms.